The summed E-state index contributed by atoms with van der Waals surface area (Å²) in [6.45, 7) is 3.70. The lowest BCUT2D eigenvalue weighted by Crippen LogP contribution is -2.23. The lowest BCUT2D eigenvalue weighted by molar-refractivity contribution is 0.0945. The van der Waals surface area contributed by atoms with Crippen LogP contribution in [0, 0.1) is 25.5 Å². The molecule has 3 heterocycles. The van der Waals surface area contributed by atoms with Crippen molar-refractivity contribution in [3.63, 3.8) is 0 Å². The molecule has 12 heteroatoms. The molecule has 174 valence electrons. The molecule has 4 rings (SSSR count). The Morgan fingerprint density at radius 3 is 2.65 bits per heavy atom. The predicted octanol–water partition coefficient (Wildman–Crippen LogP) is 4.19. The molecular formula is C22H17ClF2N6O3. The summed E-state index contributed by atoms with van der Waals surface area (Å²) >= 11 is 5.81. The van der Waals surface area contributed by atoms with Gasteiger partial charge in [0, 0.05) is 23.9 Å². The van der Waals surface area contributed by atoms with Crippen LogP contribution in [-0.2, 0) is 6.54 Å². The molecular weight excluding hydrogens is 470 g/mol. The summed E-state index contributed by atoms with van der Waals surface area (Å²) in [7, 11) is 0. The van der Waals surface area contributed by atoms with Crippen molar-refractivity contribution >= 4 is 29.2 Å². The molecule has 0 atom stereocenters. The maximum Gasteiger partial charge on any atom is 0.269 e. The number of halogens is 3. The molecule has 0 spiro atoms. The van der Waals surface area contributed by atoms with Crippen molar-refractivity contribution in [1.82, 2.24) is 25.7 Å². The number of aryl methyl sites for hydroxylation is 2. The Bertz CT molecular complexity index is 1400. The SMILES string of the molecule is Cc1cccc(-c2onc(C)c2CNC(=O)c2cc(NC(=O)c3cc(F)c(F)cc3Cl)n[nH]2)n1. The number of hydrogen-bond acceptors (Lipinski definition) is 6. The van der Waals surface area contributed by atoms with E-state index in [4.69, 9.17) is 16.1 Å². The van der Waals surface area contributed by atoms with E-state index in [9.17, 15) is 18.4 Å². The molecule has 9 nitrogen and oxygen atoms in total. The number of H-pyrrole nitrogens is 1. The van der Waals surface area contributed by atoms with Crippen LogP contribution in [0.4, 0.5) is 14.6 Å². The standard InChI is InChI=1S/C22H17ClF2N6O3/c1-10-4-3-5-17(27-10)20-13(11(2)31-34-20)9-26-22(33)18-8-19(30-29-18)28-21(32)12-6-15(24)16(25)7-14(12)23/h3-8H,9H2,1-2H3,(H,26,33)(H2,28,29,30,32). The predicted molar refractivity (Wildman–Crippen MR) is 118 cm³/mol. The second-order valence-electron chi connectivity index (χ2n) is 7.29. The highest BCUT2D eigenvalue weighted by Crippen LogP contribution is 2.25. The summed E-state index contributed by atoms with van der Waals surface area (Å²) in [4.78, 5) is 29.3. The number of benzene rings is 1. The van der Waals surface area contributed by atoms with E-state index in [2.05, 4.69) is 31.0 Å². The largest absolute Gasteiger partial charge is 0.354 e. The van der Waals surface area contributed by atoms with E-state index >= 15 is 0 Å². The first-order valence-electron chi connectivity index (χ1n) is 9.91. The van der Waals surface area contributed by atoms with Gasteiger partial charge in [-0.3, -0.25) is 14.7 Å². The van der Waals surface area contributed by atoms with Gasteiger partial charge in [0.1, 0.15) is 11.4 Å². The zero-order chi connectivity index (χ0) is 24.4. The van der Waals surface area contributed by atoms with Gasteiger partial charge in [0.2, 0.25) is 0 Å². The van der Waals surface area contributed by atoms with Crippen molar-refractivity contribution in [2.24, 2.45) is 0 Å². The second kappa shape index (κ2) is 9.40. The van der Waals surface area contributed by atoms with Crippen molar-refractivity contribution < 1.29 is 22.9 Å². The van der Waals surface area contributed by atoms with Crippen LogP contribution in [0.15, 0.2) is 40.9 Å². The van der Waals surface area contributed by atoms with Crippen molar-refractivity contribution in [2.75, 3.05) is 5.32 Å². The fourth-order valence-corrected chi connectivity index (χ4v) is 3.35. The molecule has 2 amide bonds. The van der Waals surface area contributed by atoms with Gasteiger partial charge in [-0.1, -0.05) is 22.8 Å². The quantitative estimate of drug-likeness (QED) is 0.351. The number of hydrogen-bond donors (Lipinski definition) is 3. The average Bonchev–Trinajstić information content (AvgIpc) is 3.41. The molecule has 3 N–H and O–H groups in total. The highest BCUT2D eigenvalue weighted by molar-refractivity contribution is 6.34. The Kier molecular flexibility index (Phi) is 6.37. The number of aromatic nitrogens is 4. The monoisotopic (exact) mass is 486 g/mol. The van der Waals surface area contributed by atoms with Crippen LogP contribution in [0.25, 0.3) is 11.5 Å². The summed E-state index contributed by atoms with van der Waals surface area (Å²) in [5.74, 6) is -3.30. The molecule has 0 aliphatic rings. The molecule has 0 saturated carbocycles. The fraction of sp³-hybridized carbons (Fsp3) is 0.136. The number of nitrogens with one attached hydrogen (secondary N) is 3. The second-order valence-corrected chi connectivity index (χ2v) is 7.70. The molecule has 34 heavy (non-hydrogen) atoms. The smallest absolute Gasteiger partial charge is 0.269 e. The van der Waals surface area contributed by atoms with Gasteiger partial charge in [-0.15, -0.1) is 0 Å². The number of rotatable bonds is 6. The first-order valence-corrected chi connectivity index (χ1v) is 10.3. The topological polar surface area (TPSA) is 126 Å². The van der Waals surface area contributed by atoms with Crippen LogP contribution in [0.3, 0.4) is 0 Å². The van der Waals surface area contributed by atoms with E-state index in [1.807, 2.05) is 19.1 Å². The van der Waals surface area contributed by atoms with Gasteiger partial charge in [-0.2, -0.15) is 5.10 Å². The van der Waals surface area contributed by atoms with Crippen LogP contribution in [-0.4, -0.2) is 32.2 Å². The Labute approximate surface area is 196 Å². The first kappa shape index (κ1) is 23.1. The van der Waals surface area contributed by atoms with E-state index in [1.165, 1.54) is 6.07 Å². The minimum atomic E-state index is -1.22. The lowest BCUT2D eigenvalue weighted by Gasteiger charge is -2.05. The van der Waals surface area contributed by atoms with Crippen molar-refractivity contribution in [3.8, 4) is 11.5 Å². The van der Waals surface area contributed by atoms with E-state index in [0.29, 0.717) is 34.8 Å². The summed E-state index contributed by atoms with van der Waals surface area (Å²) in [5, 5.41) is 15.1. The number of carbonyl (C=O) groups is 2. The molecule has 0 radical (unpaired) electrons. The van der Waals surface area contributed by atoms with E-state index in [0.717, 1.165) is 5.69 Å². The Hall–Kier alpha value is -4.12. The highest BCUT2D eigenvalue weighted by atomic mass is 35.5. The van der Waals surface area contributed by atoms with Gasteiger partial charge >= 0.3 is 0 Å². The van der Waals surface area contributed by atoms with Gasteiger partial charge in [0.15, 0.2) is 23.2 Å². The van der Waals surface area contributed by atoms with Crippen LogP contribution in [0.5, 0.6) is 0 Å². The van der Waals surface area contributed by atoms with Gasteiger partial charge in [-0.05, 0) is 38.1 Å². The number of aromatic amines is 1. The Morgan fingerprint density at radius 1 is 1.12 bits per heavy atom. The molecule has 4 aromatic rings. The molecule has 0 unspecified atom stereocenters. The molecule has 0 bridgehead atoms. The maximum absolute atomic E-state index is 13.5. The Balaban J connectivity index is 1.44. The molecule has 0 aliphatic carbocycles. The van der Waals surface area contributed by atoms with Crippen LogP contribution >= 0.6 is 11.6 Å². The number of pyridine rings is 1. The van der Waals surface area contributed by atoms with Crippen LogP contribution in [0.1, 0.15) is 37.8 Å². The van der Waals surface area contributed by atoms with Crippen molar-refractivity contribution in [3.05, 3.63) is 81.3 Å². The third-order valence-electron chi connectivity index (χ3n) is 4.85. The number of carbonyl (C=O) groups excluding carboxylic acids is 2. The first-order chi connectivity index (χ1) is 16.2. The van der Waals surface area contributed by atoms with E-state index in [-0.39, 0.29) is 28.6 Å². The van der Waals surface area contributed by atoms with Crippen LogP contribution in [0.2, 0.25) is 5.02 Å². The summed E-state index contributed by atoms with van der Waals surface area (Å²) < 4.78 is 32.1. The molecule has 1 aromatic carbocycles. The third-order valence-corrected chi connectivity index (χ3v) is 5.16. The molecule has 0 aliphatic heterocycles. The maximum atomic E-state index is 13.5. The number of anilines is 1. The van der Waals surface area contributed by atoms with Gasteiger partial charge in [0.25, 0.3) is 11.8 Å². The summed E-state index contributed by atoms with van der Waals surface area (Å²) in [6, 6.07) is 8.12. The summed E-state index contributed by atoms with van der Waals surface area (Å²) in [5.41, 5.74) is 2.42. The molecule has 0 saturated heterocycles. The van der Waals surface area contributed by atoms with Gasteiger partial charge in [0.05, 0.1) is 16.3 Å². The molecule has 3 aromatic heterocycles. The normalized spacial score (nSPS) is 10.9. The highest BCUT2D eigenvalue weighted by Gasteiger charge is 2.20. The minimum Gasteiger partial charge on any atom is -0.354 e. The lowest BCUT2D eigenvalue weighted by atomic mass is 10.1. The third kappa shape index (κ3) is 4.79. The summed E-state index contributed by atoms with van der Waals surface area (Å²) in [6.07, 6.45) is 0. The zero-order valence-corrected chi connectivity index (χ0v) is 18.6. The number of amides is 2. The van der Waals surface area contributed by atoms with Gasteiger partial charge < -0.3 is 15.2 Å². The number of nitrogens with zero attached hydrogens (tertiary/aromatic N) is 3. The zero-order valence-electron chi connectivity index (χ0n) is 17.9. The average molecular weight is 487 g/mol. The van der Waals surface area contributed by atoms with E-state index in [1.54, 1.807) is 13.0 Å². The Morgan fingerprint density at radius 2 is 1.88 bits per heavy atom. The van der Waals surface area contributed by atoms with Crippen molar-refractivity contribution in [1.29, 1.82) is 0 Å². The van der Waals surface area contributed by atoms with E-state index < -0.39 is 23.4 Å². The van der Waals surface area contributed by atoms with Gasteiger partial charge in [-0.25, -0.2) is 13.8 Å². The molecule has 0 fully saturated rings. The fourth-order valence-electron chi connectivity index (χ4n) is 3.11. The minimum absolute atomic E-state index is 0.0123. The van der Waals surface area contributed by atoms with Crippen molar-refractivity contribution in [2.45, 2.75) is 20.4 Å². The van der Waals surface area contributed by atoms with Crippen LogP contribution < -0.4 is 10.6 Å².